The molecule has 1 aliphatic rings. The fourth-order valence-electron chi connectivity index (χ4n) is 5.17. The molecule has 1 aliphatic heterocycles. The van der Waals surface area contributed by atoms with Crippen LogP contribution < -0.4 is 9.64 Å². The summed E-state index contributed by atoms with van der Waals surface area (Å²) in [7, 11) is 1.69. The number of methoxy groups -OCH3 is 1. The molecule has 0 unspecified atom stereocenters. The number of rotatable bonds is 7. The number of fused-ring (bicyclic) bond motifs is 1. The molecular weight excluding hydrogens is 422 g/mol. The van der Waals surface area contributed by atoms with Crippen LogP contribution >= 0.6 is 0 Å². The topological polar surface area (TPSA) is 40.9 Å². The number of hydrogen-bond acceptors (Lipinski definition) is 4. The van der Waals surface area contributed by atoms with Gasteiger partial charge in [-0.15, -0.1) is 0 Å². The van der Waals surface area contributed by atoms with Crippen molar-refractivity contribution in [3.05, 3.63) is 95.7 Å². The third kappa shape index (κ3) is 4.54. The molecule has 5 rings (SSSR count). The van der Waals surface area contributed by atoms with Gasteiger partial charge in [-0.05, 0) is 42.8 Å². The predicted molar refractivity (Wildman–Crippen MR) is 139 cm³/mol. The fraction of sp³-hybridized carbons (Fsp3) is 0.310. The summed E-state index contributed by atoms with van der Waals surface area (Å²) in [6, 6.07) is 27.2. The van der Waals surface area contributed by atoms with Gasteiger partial charge in [0, 0.05) is 67.1 Å². The molecule has 1 aromatic heterocycles. The number of para-hydroxylation sites is 1. The minimum atomic E-state index is -0.560. The number of aliphatic hydroxyl groups excluding tert-OH is 1. The quantitative estimate of drug-likeness (QED) is 0.432. The maximum absolute atomic E-state index is 11.5. The van der Waals surface area contributed by atoms with E-state index in [9.17, 15) is 5.11 Å². The molecule has 0 radical (unpaired) electrons. The van der Waals surface area contributed by atoms with Crippen LogP contribution in [0.5, 0.6) is 5.75 Å². The van der Waals surface area contributed by atoms with Gasteiger partial charge in [0.05, 0.1) is 13.2 Å². The fourth-order valence-corrected chi connectivity index (χ4v) is 5.17. The summed E-state index contributed by atoms with van der Waals surface area (Å²) in [6.45, 7) is 7.36. The predicted octanol–water partition coefficient (Wildman–Crippen LogP) is 4.86. The molecule has 176 valence electrons. The number of hydrogen-bond donors (Lipinski definition) is 1. The van der Waals surface area contributed by atoms with Crippen molar-refractivity contribution in [2.24, 2.45) is 0 Å². The molecule has 5 heteroatoms. The van der Waals surface area contributed by atoms with Gasteiger partial charge in [0.15, 0.2) is 0 Å². The molecule has 1 N–H and O–H groups in total. The van der Waals surface area contributed by atoms with Crippen molar-refractivity contribution in [2.45, 2.75) is 19.6 Å². The number of anilines is 1. The first-order chi connectivity index (χ1) is 16.6. The first kappa shape index (κ1) is 22.5. The van der Waals surface area contributed by atoms with Gasteiger partial charge in [-0.3, -0.25) is 4.90 Å². The lowest BCUT2D eigenvalue weighted by molar-refractivity contribution is 0.110. The highest BCUT2D eigenvalue weighted by Crippen LogP contribution is 2.34. The Balaban J connectivity index is 1.38. The maximum Gasteiger partial charge on any atom is 0.119 e. The number of piperazine rings is 1. The van der Waals surface area contributed by atoms with Crippen LogP contribution in [0.1, 0.15) is 22.9 Å². The van der Waals surface area contributed by atoms with Crippen molar-refractivity contribution < 1.29 is 9.84 Å². The molecule has 34 heavy (non-hydrogen) atoms. The molecular formula is C29H33N3O2. The van der Waals surface area contributed by atoms with Gasteiger partial charge in [-0.2, -0.15) is 0 Å². The third-order valence-electron chi connectivity index (χ3n) is 7.02. The van der Waals surface area contributed by atoms with Gasteiger partial charge in [-0.1, -0.05) is 48.5 Å². The summed E-state index contributed by atoms with van der Waals surface area (Å²) < 4.78 is 7.84. The normalized spacial score (nSPS) is 15.6. The van der Waals surface area contributed by atoms with Crippen molar-refractivity contribution in [3.63, 3.8) is 0 Å². The van der Waals surface area contributed by atoms with E-state index in [0.29, 0.717) is 6.54 Å². The zero-order valence-corrected chi connectivity index (χ0v) is 20.0. The number of aromatic nitrogens is 1. The zero-order valence-electron chi connectivity index (χ0n) is 20.0. The van der Waals surface area contributed by atoms with E-state index in [1.807, 2.05) is 12.1 Å². The maximum atomic E-state index is 11.5. The van der Waals surface area contributed by atoms with E-state index in [2.05, 4.69) is 88.0 Å². The highest BCUT2D eigenvalue weighted by atomic mass is 16.5. The van der Waals surface area contributed by atoms with Gasteiger partial charge < -0.3 is 19.3 Å². The zero-order chi connectivity index (χ0) is 23.5. The Morgan fingerprint density at radius 1 is 0.882 bits per heavy atom. The van der Waals surface area contributed by atoms with Crippen molar-refractivity contribution in [3.8, 4) is 5.75 Å². The molecule has 2 heterocycles. The second kappa shape index (κ2) is 9.92. The van der Waals surface area contributed by atoms with Crippen LogP contribution in [0.2, 0.25) is 0 Å². The number of aliphatic hydroxyl groups is 1. The lowest BCUT2D eigenvalue weighted by Gasteiger charge is -2.37. The van der Waals surface area contributed by atoms with Crippen LogP contribution in [0.4, 0.5) is 5.69 Å². The van der Waals surface area contributed by atoms with Crippen molar-refractivity contribution in [1.82, 2.24) is 9.47 Å². The Hall–Kier alpha value is -3.28. The first-order valence-electron chi connectivity index (χ1n) is 12.0. The third-order valence-corrected chi connectivity index (χ3v) is 7.02. The van der Waals surface area contributed by atoms with Gasteiger partial charge >= 0.3 is 0 Å². The molecule has 0 saturated carbocycles. The lowest BCUT2D eigenvalue weighted by atomic mass is 10.0. The van der Waals surface area contributed by atoms with E-state index in [1.54, 1.807) is 7.11 Å². The molecule has 0 bridgehead atoms. The standard InChI is InChI=1S/C29H33N3O2/c1-22-29(28(33)21-30-15-17-31(18-16-30)24-11-7-4-8-12-24)26-19-25(34-2)13-14-27(26)32(22)20-23-9-5-3-6-10-23/h3-14,19,28,33H,15-18,20-21H2,1-2H3/t28-/m1/s1. The Kier molecular flexibility index (Phi) is 6.57. The van der Waals surface area contributed by atoms with Gasteiger partial charge in [-0.25, -0.2) is 0 Å². The number of β-amino-alcohol motifs (C(OH)–C–C–N with tert-alkyl or cyclic N) is 1. The molecule has 0 amide bonds. The SMILES string of the molecule is COc1ccc2c(c1)c([C@H](O)CN1CCN(c3ccccc3)CC1)c(C)n2Cc1ccccc1. The minimum Gasteiger partial charge on any atom is -0.497 e. The Bertz CT molecular complexity index is 1230. The van der Waals surface area contributed by atoms with Crippen molar-refractivity contribution in [2.75, 3.05) is 44.7 Å². The van der Waals surface area contributed by atoms with E-state index in [1.165, 1.54) is 11.3 Å². The van der Waals surface area contributed by atoms with E-state index in [-0.39, 0.29) is 0 Å². The van der Waals surface area contributed by atoms with Gasteiger partial charge in [0.2, 0.25) is 0 Å². The van der Waals surface area contributed by atoms with E-state index in [4.69, 9.17) is 4.74 Å². The molecule has 3 aromatic carbocycles. The van der Waals surface area contributed by atoms with Crippen LogP contribution in [0.3, 0.4) is 0 Å². The average molecular weight is 456 g/mol. The minimum absolute atomic E-state index is 0.560. The van der Waals surface area contributed by atoms with Crippen molar-refractivity contribution >= 4 is 16.6 Å². The van der Waals surface area contributed by atoms with E-state index in [0.717, 1.165) is 60.6 Å². The van der Waals surface area contributed by atoms with Gasteiger partial charge in [0.25, 0.3) is 0 Å². The monoisotopic (exact) mass is 455 g/mol. The van der Waals surface area contributed by atoms with Gasteiger partial charge in [0.1, 0.15) is 5.75 Å². The van der Waals surface area contributed by atoms with Crippen LogP contribution in [-0.4, -0.2) is 54.4 Å². The van der Waals surface area contributed by atoms with E-state index < -0.39 is 6.10 Å². The first-order valence-corrected chi connectivity index (χ1v) is 12.0. The summed E-state index contributed by atoms with van der Waals surface area (Å²) in [5.74, 6) is 0.814. The highest BCUT2D eigenvalue weighted by Gasteiger charge is 2.25. The number of benzene rings is 3. The molecule has 1 fully saturated rings. The molecule has 1 saturated heterocycles. The average Bonchev–Trinajstić information content (AvgIpc) is 3.16. The summed E-state index contributed by atoms with van der Waals surface area (Å²) in [4.78, 5) is 4.80. The summed E-state index contributed by atoms with van der Waals surface area (Å²) >= 11 is 0. The van der Waals surface area contributed by atoms with Crippen LogP contribution in [-0.2, 0) is 6.54 Å². The van der Waals surface area contributed by atoms with E-state index >= 15 is 0 Å². The number of nitrogens with zero attached hydrogens (tertiary/aromatic N) is 3. The smallest absolute Gasteiger partial charge is 0.119 e. The summed E-state index contributed by atoms with van der Waals surface area (Å²) in [5, 5.41) is 12.5. The second-order valence-corrected chi connectivity index (χ2v) is 9.09. The largest absolute Gasteiger partial charge is 0.497 e. The summed E-state index contributed by atoms with van der Waals surface area (Å²) in [6.07, 6.45) is -0.560. The summed E-state index contributed by atoms with van der Waals surface area (Å²) in [5.41, 5.74) is 5.77. The van der Waals surface area contributed by atoms with Crippen LogP contribution in [0.25, 0.3) is 10.9 Å². The van der Waals surface area contributed by atoms with Crippen LogP contribution in [0.15, 0.2) is 78.9 Å². The molecule has 0 spiro atoms. The molecule has 5 nitrogen and oxygen atoms in total. The molecule has 4 aromatic rings. The lowest BCUT2D eigenvalue weighted by Crippen LogP contribution is -2.47. The number of ether oxygens (including phenoxy) is 1. The Morgan fingerprint density at radius 2 is 1.56 bits per heavy atom. The van der Waals surface area contributed by atoms with Crippen molar-refractivity contribution in [1.29, 1.82) is 0 Å². The highest BCUT2D eigenvalue weighted by molar-refractivity contribution is 5.87. The second-order valence-electron chi connectivity index (χ2n) is 9.09. The molecule has 0 aliphatic carbocycles. The van der Waals surface area contributed by atoms with Crippen LogP contribution in [0, 0.1) is 6.92 Å². The Morgan fingerprint density at radius 3 is 2.24 bits per heavy atom. The molecule has 1 atom stereocenters. The Labute approximate surface area is 201 Å².